The number of aryl methyl sites for hydroxylation is 1. The SMILES string of the molecule is CC1=CC[C-]=C1.C[Si]C.Cc1ccccc1C([NH-])=O.[Cl-].[Cl-].[Zr+4]. The van der Waals surface area contributed by atoms with Crippen molar-refractivity contribution in [2.45, 2.75) is 33.4 Å². The zero-order valence-electron chi connectivity index (χ0n) is 13.3. The normalized spacial score (nSPS) is 10.1. The van der Waals surface area contributed by atoms with Crippen molar-refractivity contribution in [3.8, 4) is 0 Å². The predicted octanol–water partition coefficient (Wildman–Crippen LogP) is -1.32. The molecule has 22 heavy (non-hydrogen) atoms. The number of carbonyl (C=O) groups excluding carboxylic acids is 1. The van der Waals surface area contributed by atoms with Gasteiger partial charge in [0.05, 0.1) is 5.91 Å². The molecule has 0 unspecified atom stereocenters. The zero-order valence-corrected chi connectivity index (χ0v) is 18.3. The van der Waals surface area contributed by atoms with Gasteiger partial charge in [0.25, 0.3) is 0 Å². The monoisotopic (exact) mass is 431 g/mol. The Morgan fingerprint density at radius 2 is 1.68 bits per heavy atom. The molecule has 2 radical (unpaired) electrons. The number of rotatable bonds is 1. The van der Waals surface area contributed by atoms with Crippen LogP contribution in [0.4, 0.5) is 0 Å². The first-order valence-electron chi connectivity index (χ1n) is 6.16. The molecule has 0 aliphatic heterocycles. The van der Waals surface area contributed by atoms with Gasteiger partial charge in [-0.05, 0) is 12.5 Å². The summed E-state index contributed by atoms with van der Waals surface area (Å²) >= 11 is 0. The van der Waals surface area contributed by atoms with Crippen molar-refractivity contribution in [2.24, 2.45) is 0 Å². The second-order valence-corrected chi connectivity index (χ2v) is 5.14. The van der Waals surface area contributed by atoms with Gasteiger partial charge in [-0.15, -0.1) is 13.3 Å². The molecule has 0 atom stereocenters. The van der Waals surface area contributed by atoms with E-state index in [2.05, 4.69) is 32.2 Å². The average molecular weight is 434 g/mol. The third-order valence-electron chi connectivity index (χ3n) is 2.26. The van der Waals surface area contributed by atoms with E-state index in [0.717, 1.165) is 21.5 Å². The van der Waals surface area contributed by atoms with E-state index in [4.69, 9.17) is 5.73 Å². The van der Waals surface area contributed by atoms with Crippen molar-refractivity contribution in [1.82, 2.24) is 0 Å². The van der Waals surface area contributed by atoms with Gasteiger partial charge in [0, 0.05) is 15.1 Å². The molecule has 6 heteroatoms. The summed E-state index contributed by atoms with van der Waals surface area (Å²) < 4.78 is 0. The summed E-state index contributed by atoms with van der Waals surface area (Å²) in [5, 5.41) is 0. The minimum absolute atomic E-state index is 0. The van der Waals surface area contributed by atoms with Gasteiger partial charge in [-0.2, -0.15) is 6.08 Å². The quantitative estimate of drug-likeness (QED) is 0.400. The number of nitrogens with one attached hydrogen (secondary N) is 1. The third kappa shape index (κ3) is 14.8. The van der Waals surface area contributed by atoms with Gasteiger partial charge < -0.3 is 35.3 Å². The molecule has 0 saturated heterocycles. The Hall–Kier alpha value is -0.150. The Morgan fingerprint density at radius 3 is 1.91 bits per heavy atom. The molecule has 2 nitrogen and oxygen atoms in total. The molecule has 0 saturated carbocycles. The van der Waals surface area contributed by atoms with E-state index in [9.17, 15) is 4.79 Å². The van der Waals surface area contributed by atoms with Crippen LogP contribution in [0.5, 0.6) is 0 Å². The summed E-state index contributed by atoms with van der Waals surface area (Å²) in [4.78, 5) is 10.5. The van der Waals surface area contributed by atoms with Crippen molar-refractivity contribution in [2.75, 3.05) is 0 Å². The Balaban J connectivity index is -0.000000118. The first-order chi connectivity index (χ1) is 9.02. The van der Waals surface area contributed by atoms with E-state index in [1.54, 1.807) is 12.1 Å². The number of carbonyl (C=O) groups is 1. The van der Waals surface area contributed by atoms with Gasteiger partial charge in [0.2, 0.25) is 0 Å². The number of halogens is 2. The van der Waals surface area contributed by atoms with Crippen LogP contribution in [-0.2, 0) is 26.2 Å². The van der Waals surface area contributed by atoms with E-state index in [0.29, 0.717) is 5.56 Å². The maximum atomic E-state index is 10.5. The number of allylic oxidation sites excluding steroid dienone is 4. The van der Waals surface area contributed by atoms with Crippen molar-refractivity contribution in [3.63, 3.8) is 0 Å². The van der Waals surface area contributed by atoms with Crippen LogP contribution in [0.25, 0.3) is 5.73 Å². The summed E-state index contributed by atoms with van der Waals surface area (Å²) in [7, 11) is 1.08. The van der Waals surface area contributed by atoms with Crippen molar-refractivity contribution in [1.29, 1.82) is 0 Å². The van der Waals surface area contributed by atoms with Crippen molar-refractivity contribution < 1.29 is 55.8 Å². The molecule has 1 aromatic carbocycles. The molecule has 0 spiro atoms. The summed E-state index contributed by atoms with van der Waals surface area (Å²) in [5.74, 6) is -0.613. The summed E-state index contributed by atoms with van der Waals surface area (Å²) in [5.41, 5.74) is 9.52. The number of benzene rings is 1. The maximum Gasteiger partial charge on any atom is 4.00 e. The Labute approximate surface area is 168 Å². The molecule has 1 aromatic rings. The minimum atomic E-state index is -0.613. The molecule has 0 bridgehead atoms. The zero-order chi connectivity index (χ0) is 14.7. The Kier molecular flexibility index (Phi) is 25.6. The van der Waals surface area contributed by atoms with Crippen LogP contribution in [0.2, 0.25) is 13.1 Å². The molecule has 1 aliphatic rings. The molecule has 118 valence electrons. The van der Waals surface area contributed by atoms with Crippen LogP contribution >= 0.6 is 0 Å². The average Bonchev–Trinajstić information content (AvgIpc) is 2.82. The molecule has 0 aromatic heterocycles. The van der Waals surface area contributed by atoms with E-state index in [-0.39, 0.29) is 51.0 Å². The molecule has 0 fully saturated rings. The molecular weight excluding hydrogens is 412 g/mol. The van der Waals surface area contributed by atoms with E-state index in [1.165, 1.54) is 5.57 Å². The van der Waals surface area contributed by atoms with Gasteiger partial charge in [-0.25, -0.2) is 11.6 Å². The standard InChI is InChI=1S/C8H9NO.C6H7.C2H6Si.2ClH.Zr/c1-6-4-2-3-5-7(6)8(9)10;1-6-4-2-3-5-6;1-3-2;;;/h2-5H,1H3,(H2,9,10);4-5H,2H2,1H3;1-2H3;2*1H;/q;-1;;;;+4/p-3. The molecule has 1 amide bonds. The second-order valence-electron chi connectivity index (χ2n) is 4.14. The number of hydrogen-bond acceptors (Lipinski definition) is 1. The molecule has 0 heterocycles. The summed E-state index contributed by atoms with van der Waals surface area (Å²) in [6, 6.07) is 7.09. The first kappa shape index (κ1) is 29.8. The number of amides is 1. The van der Waals surface area contributed by atoms with E-state index < -0.39 is 5.91 Å². The van der Waals surface area contributed by atoms with Crippen LogP contribution < -0.4 is 24.8 Å². The minimum Gasteiger partial charge on any atom is -1.00 e. The predicted molar refractivity (Wildman–Crippen MR) is 83.5 cm³/mol. The maximum absolute atomic E-state index is 10.5. The van der Waals surface area contributed by atoms with Crippen LogP contribution in [0.3, 0.4) is 0 Å². The van der Waals surface area contributed by atoms with Gasteiger partial charge in [-0.1, -0.05) is 37.4 Å². The van der Waals surface area contributed by atoms with E-state index in [1.807, 2.05) is 25.1 Å². The molecule has 2 rings (SSSR count). The first-order valence-corrected chi connectivity index (χ1v) is 8.16. The van der Waals surface area contributed by atoms with Crippen LogP contribution in [0.15, 0.2) is 42.0 Å². The Morgan fingerprint density at radius 1 is 1.18 bits per heavy atom. The topological polar surface area (TPSA) is 40.9 Å². The van der Waals surface area contributed by atoms with Gasteiger partial charge in [-0.3, -0.25) is 6.08 Å². The van der Waals surface area contributed by atoms with E-state index >= 15 is 0 Å². The fourth-order valence-electron chi connectivity index (χ4n) is 1.33. The van der Waals surface area contributed by atoms with Crippen LogP contribution in [-0.4, -0.2) is 15.4 Å². The molecule has 1 N–H and O–H groups in total. The van der Waals surface area contributed by atoms with Gasteiger partial charge >= 0.3 is 26.2 Å². The Bertz CT molecular complexity index is 462. The van der Waals surface area contributed by atoms with Crippen LogP contribution in [0, 0.1) is 13.0 Å². The van der Waals surface area contributed by atoms with Crippen molar-refractivity contribution >= 4 is 15.4 Å². The number of hydrogen-bond donors (Lipinski definition) is 0. The van der Waals surface area contributed by atoms with Gasteiger partial charge in [0.15, 0.2) is 0 Å². The smallest absolute Gasteiger partial charge is 1.00 e. The largest absolute Gasteiger partial charge is 4.00 e. The fraction of sp³-hybridized carbons (Fsp3) is 0.312. The van der Waals surface area contributed by atoms with Gasteiger partial charge in [0.1, 0.15) is 0 Å². The summed E-state index contributed by atoms with van der Waals surface area (Å²) in [6.45, 7) is 8.21. The molecular formula is C16H21Cl2NOSiZr. The second kappa shape index (κ2) is 18.9. The summed E-state index contributed by atoms with van der Waals surface area (Å²) in [6.07, 6.45) is 8.24. The fourth-order valence-corrected chi connectivity index (χ4v) is 1.33. The molecule has 1 aliphatic carbocycles. The third-order valence-corrected chi connectivity index (χ3v) is 2.26. The van der Waals surface area contributed by atoms with Crippen LogP contribution in [0.1, 0.15) is 29.3 Å². The van der Waals surface area contributed by atoms with Crippen molar-refractivity contribution in [3.05, 3.63) is 64.9 Å².